The fourth-order valence-corrected chi connectivity index (χ4v) is 2.18. The normalized spacial score (nSPS) is 12.5. The van der Waals surface area contributed by atoms with Crippen LogP contribution in [0.1, 0.15) is 24.6 Å². The zero-order chi connectivity index (χ0) is 14.1. The van der Waals surface area contributed by atoms with Gasteiger partial charge in [0.15, 0.2) is 0 Å². The van der Waals surface area contributed by atoms with E-state index in [4.69, 9.17) is 10.2 Å². The van der Waals surface area contributed by atoms with Gasteiger partial charge in [-0.3, -0.25) is 4.98 Å². The molecule has 0 fully saturated rings. The zero-order valence-corrected chi connectivity index (χ0v) is 11.4. The van der Waals surface area contributed by atoms with E-state index in [2.05, 4.69) is 15.3 Å². The number of oxazole rings is 1. The molecule has 0 amide bonds. The molecule has 2 aromatic heterocycles. The highest BCUT2D eigenvalue weighted by Crippen LogP contribution is 2.28. The van der Waals surface area contributed by atoms with Crippen molar-refractivity contribution in [2.24, 2.45) is 0 Å². The van der Waals surface area contributed by atoms with Gasteiger partial charge in [0.25, 0.3) is 0 Å². The molecular formula is C15H16N4O. The quantitative estimate of drug-likeness (QED) is 0.713. The molecule has 3 aromatic rings. The largest absolute Gasteiger partial charge is 0.444 e. The van der Waals surface area contributed by atoms with Crippen molar-refractivity contribution >= 4 is 22.3 Å². The monoisotopic (exact) mass is 268 g/mol. The molecule has 3 rings (SSSR count). The van der Waals surface area contributed by atoms with Gasteiger partial charge in [0.1, 0.15) is 11.8 Å². The zero-order valence-electron chi connectivity index (χ0n) is 11.4. The maximum absolute atomic E-state index is 5.97. The third kappa shape index (κ3) is 2.18. The fourth-order valence-electron chi connectivity index (χ4n) is 2.18. The number of hydrogen-bond acceptors (Lipinski definition) is 5. The van der Waals surface area contributed by atoms with E-state index in [-0.39, 0.29) is 6.04 Å². The van der Waals surface area contributed by atoms with E-state index in [0.717, 1.165) is 28.0 Å². The number of nitrogens with one attached hydrogen (secondary N) is 1. The van der Waals surface area contributed by atoms with Crippen LogP contribution in [0.25, 0.3) is 10.9 Å². The Hall–Kier alpha value is -2.56. The molecule has 0 aliphatic rings. The average molecular weight is 268 g/mol. The summed E-state index contributed by atoms with van der Waals surface area (Å²) in [7, 11) is 0. The first-order valence-electron chi connectivity index (χ1n) is 6.47. The van der Waals surface area contributed by atoms with Crippen molar-refractivity contribution in [3.63, 3.8) is 0 Å². The number of anilines is 2. The van der Waals surface area contributed by atoms with Gasteiger partial charge in [0.05, 0.1) is 17.4 Å². The number of nitrogens with two attached hydrogens (primary N) is 1. The lowest BCUT2D eigenvalue weighted by molar-refractivity contribution is 0.454. The molecule has 1 atom stereocenters. The topological polar surface area (TPSA) is 77.0 Å². The van der Waals surface area contributed by atoms with Gasteiger partial charge in [-0.2, -0.15) is 0 Å². The molecule has 0 bridgehead atoms. The summed E-state index contributed by atoms with van der Waals surface area (Å²) in [6.45, 7) is 3.87. The second-order valence-electron chi connectivity index (χ2n) is 4.78. The molecule has 3 N–H and O–H groups in total. The summed E-state index contributed by atoms with van der Waals surface area (Å²) >= 11 is 0. The van der Waals surface area contributed by atoms with E-state index in [1.54, 1.807) is 12.4 Å². The highest BCUT2D eigenvalue weighted by molar-refractivity contribution is 5.98. The van der Waals surface area contributed by atoms with Crippen LogP contribution < -0.4 is 11.1 Å². The Morgan fingerprint density at radius 1 is 1.25 bits per heavy atom. The van der Waals surface area contributed by atoms with Crippen LogP contribution in [0.2, 0.25) is 0 Å². The molecule has 20 heavy (non-hydrogen) atoms. The lowest BCUT2D eigenvalue weighted by atomic mass is 10.1. The Morgan fingerprint density at radius 2 is 2.10 bits per heavy atom. The maximum atomic E-state index is 5.97. The highest BCUT2D eigenvalue weighted by Gasteiger charge is 2.13. The lowest BCUT2D eigenvalue weighted by Crippen LogP contribution is -2.08. The van der Waals surface area contributed by atoms with Gasteiger partial charge in [0, 0.05) is 17.3 Å². The summed E-state index contributed by atoms with van der Waals surface area (Å²) in [5.74, 6) is 1.46. The van der Waals surface area contributed by atoms with Gasteiger partial charge in [-0.25, -0.2) is 4.98 Å². The number of nitrogens with zero attached hydrogens (tertiary/aromatic N) is 2. The Morgan fingerprint density at radius 3 is 2.85 bits per heavy atom. The molecule has 0 saturated carbocycles. The summed E-state index contributed by atoms with van der Waals surface area (Å²) in [5, 5.41) is 4.31. The maximum Gasteiger partial charge on any atom is 0.216 e. The lowest BCUT2D eigenvalue weighted by Gasteiger charge is -2.14. The van der Waals surface area contributed by atoms with Crippen molar-refractivity contribution in [1.29, 1.82) is 0 Å². The number of rotatable bonds is 3. The van der Waals surface area contributed by atoms with Crippen LogP contribution in [0.5, 0.6) is 0 Å². The van der Waals surface area contributed by atoms with Gasteiger partial charge in [-0.1, -0.05) is 0 Å². The third-order valence-electron chi connectivity index (χ3n) is 3.18. The SMILES string of the molecule is Cc1cnc(C(C)Nc2ccc(N)c3cccnc23)o1. The molecule has 5 heteroatoms. The van der Waals surface area contributed by atoms with E-state index in [1.807, 2.05) is 38.1 Å². The third-order valence-corrected chi connectivity index (χ3v) is 3.18. The fraction of sp³-hybridized carbons (Fsp3) is 0.200. The smallest absolute Gasteiger partial charge is 0.216 e. The molecule has 0 aliphatic heterocycles. The average Bonchev–Trinajstić information content (AvgIpc) is 2.89. The van der Waals surface area contributed by atoms with E-state index in [0.29, 0.717) is 5.89 Å². The van der Waals surface area contributed by atoms with Crippen molar-refractivity contribution in [1.82, 2.24) is 9.97 Å². The van der Waals surface area contributed by atoms with Gasteiger partial charge in [-0.05, 0) is 38.1 Å². The van der Waals surface area contributed by atoms with E-state index in [1.165, 1.54) is 0 Å². The van der Waals surface area contributed by atoms with Crippen LogP contribution in [0, 0.1) is 6.92 Å². The Bertz CT molecular complexity index is 750. The second-order valence-corrected chi connectivity index (χ2v) is 4.78. The number of fused-ring (bicyclic) bond motifs is 1. The molecule has 0 saturated heterocycles. The molecule has 1 unspecified atom stereocenters. The number of pyridine rings is 1. The van der Waals surface area contributed by atoms with Crippen LogP contribution in [-0.2, 0) is 0 Å². The summed E-state index contributed by atoms with van der Waals surface area (Å²) < 4.78 is 5.53. The Labute approximate surface area is 116 Å². The molecule has 0 radical (unpaired) electrons. The highest BCUT2D eigenvalue weighted by atomic mass is 16.4. The van der Waals surface area contributed by atoms with Crippen LogP contribution in [-0.4, -0.2) is 9.97 Å². The minimum atomic E-state index is -0.0440. The molecule has 1 aromatic carbocycles. The van der Waals surface area contributed by atoms with E-state index < -0.39 is 0 Å². The van der Waals surface area contributed by atoms with E-state index >= 15 is 0 Å². The summed E-state index contributed by atoms with van der Waals surface area (Å²) in [6, 6.07) is 7.60. The van der Waals surface area contributed by atoms with Crippen LogP contribution in [0.3, 0.4) is 0 Å². The molecule has 0 spiro atoms. The first-order valence-corrected chi connectivity index (χ1v) is 6.47. The molecular weight excluding hydrogens is 252 g/mol. The van der Waals surface area contributed by atoms with Crippen LogP contribution in [0.15, 0.2) is 41.1 Å². The van der Waals surface area contributed by atoms with Crippen LogP contribution >= 0.6 is 0 Å². The standard InChI is InChI=1S/C15H16N4O/c1-9-8-18-15(20-9)10(2)19-13-6-5-12(16)11-4-3-7-17-14(11)13/h3-8,10,19H,16H2,1-2H3. The van der Waals surface area contributed by atoms with Crippen molar-refractivity contribution < 1.29 is 4.42 Å². The minimum Gasteiger partial charge on any atom is -0.444 e. The van der Waals surface area contributed by atoms with Crippen molar-refractivity contribution in [2.75, 3.05) is 11.1 Å². The minimum absolute atomic E-state index is 0.0440. The molecule has 5 nitrogen and oxygen atoms in total. The first-order chi connectivity index (χ1) is 9.65. The molecule has 0 aliphatic carbocycles. The van der Waals surface area contributed by atoms with Crippen molar-refractivity contribution in [2.45, 2.75) is 19.9 Å². The van der Waals surface area contributed by atoms with Gasteiger partial charge in [0.2, 0.25) is 5.89 Å². The first kappa shape index (κ1) is 12.5. The molecule has 102 valence electrons. The van der Waals surface area contributed by atoms with Crippen molar-refractivity contribution in [3.8, 4) is 0 Å². The van der Waals surface area contributed by atoms with Crippen molar-refractivity contribution in [3.05, 3.63) is 48.3 Å². The van der Waals surface area contributed by atoms with Gasteiger partial charge < -0.3 is 15.5 Å². The predicted octanol–water partition coefficient (Wildman–Crippen LogP) is 3.29. The summed E-state index contributed by atoms with van der Waals surface area (Å²) in [4.78, 5) is 8.64. The Balaban J connectivity index is 1.97. The number of benzene rings is 1. The van der Waals surface area contributed by atoms with Gasteiger partial charge >= 0.3 is 0 Å². The summed E-state index contributed by atoms with van der Waals surface area (Å²) in [5.41, 5.74) is 8.46. The Kier molecular flexibility index (Phi) is 3.02. The number of aromatic nitrogens is 2. The molecule has 2 heterocycles. The van der Waals surface area contributed by atoms with Crippen LogP contribution in [0.4, 0.5) is 11.4 Å². The number of nitrogen functional groups attached to an aromatic ring is 1. The van der Waals surface area contributed by atoms with Gasteiger partial charge in [-0.15, -0.1) is 0 Å². The summed E-state index contributed by atoms with van der Waals surface area (Å²) in [6.07, 6.45) is 3.47. The second kappa shape index (κ2) is 4.85. The predicted molar refractivity (Wildman–Crippen MR) is 79.4 cm³/mol. The van der Waals surface area contributed by atoms with E-state index in [9.17, 15) is 0 Å². The number of hydrogen-bond donors (Lipinski definition) is 2. The number of aryl methyl sites for hydroxylation is 1.